The van der Waals surface area contributed by atoms with Gasteiger partial charge in [-0.15, -0.1) is 0 Å². The highest BCUT2D eigenvalue weighted by molar-refractivity contribution is 6.23. The highest BCUT2D eigenvalue weighted by Gasteiger charge is 2.45. The minimum absolute atomic E-state index is 0.0894. The molecule has 1 atom stereocenters. The zero-order chi connectivity index (χ0) is 37.0. The van der Waals surface area contributed by atoms with Crippen molar-refractivity contribution in [3.8, 4) is 6.07 Å². The van der Waals surface area contributed by atoms with Crippen molar-refractivity contribution < 1.29 is 24.0 Å². The molecular formula is C40H40N8O5. The lowest BCUT2D eigenvalue weighted by atomic mass is 9.90. The number of likely N-dealkylation sites (tertiary alicyclic amines) is 1. The lowest BCUT2D eigenvalue weighted by Crippen LogP contribution is -2.54. The summed E-state index contributed by atoms with van der Waals surface area (Å²) >= 11 is 0. The molecule has 4 aromatic rings. The van der Waals surface area contributed by atoms with Gasteiger partial charge in [-0.2, -0.15) is 10.4 Å². The van der Waals surface area contributed by atoms with Crippen molar-refractivity contribution >= 4 is 51.7 Å². The molecule has 0 radical (unpaired) electrons. The van der Waals surface area contributed by atoms with E-state index in [1.54, 1.807) is 28.9 Å². The molecule has 2 N–H and O–H groups in total. The van der Waals surface area contributed by atoms with E-state index in [4.69, 9.17) is 0 Å². The Labute approximate surface area is 306 Å². The summed E-state index contributed by atoms with van der Waals surface area (Å²) in [4.78, 5) is 69.6. The molecule has 4 aliphatic heterocycles. The number of carbonyl (C=O) groups is 5. The van der Waals surface area contributed by atoms with Crippen molar-refractivity contribution in [2.75, 3.05) is 42.9 Å². The number of nitriles is 1. The van der Waals surface area contributed by atoms with Gasteiger partial charge in [0.2, 0.25) is 11.8 Å². The van der Waals surface area contributed by atoms with Crippen LogP contribution in [0.3, 0.4) is 0 Å². The smallest absolute Gasteiger partial charge is 0.262 e. The average molecular weight is 713 g/mol. The van der Waals surface area contributed by atoms with E-state index in [1.807, 2.05) is 56.6 Å². The van der Waals surface area contributed by atoms with Crippen molar-refractivity contribution in [1.29, 1.82) is 5.26 Å². The molecule has 0 aliphatic carbocycles. The van der Waals surface area contributed by atoms with Crippen LogP contribution in [-0.2, 0) is 19.9 Å². The van der Waals surface area contributed by atoms with Gasteiger partial charge in [0.05, 0.1) is 29.0 Å². The van der Waals surface area contributed by atoms with E-state index in [2.05, 4.69) is 31.6 Å². The van der Waals surface area contributed by atoms with Gasteiger partial charge in [-0.3, -0.25) is 38.9 Å². The summed E-state index contributed by atoms with van der Waals surface area (Å²) in [5.41, 5.74) is 2.87. The van der Waals surface area contributed by atoms with Gasteiger partial charge in [0, 0.05) is 60.3 Å². The molecule has 0 saturated carbocycles. The lowest BCUT2D eigenvalue weighted by molar-refractivity contribution is -0.136. The van der Waals surface area contributed by atoms with Gasteiger partial charge >= 0.3 is 0 Å². The molecule has 1 unspecified atom stereocenters. The number of hydrogen-bond donors (Lipinski definition) is 2. The monoisotopic (exact) mass is 712 g/mol. The maximum Gasteiger partial charge on any atom is 0.262 e. The van der Waals surface area contributed by atoms with E-state index >= 15 is 0 Å². The predicted octanol–water partition coefficient (Wildman–Crippen LogP) is 4.00. The van der Waals surface area contributed by atoms with Gasteiger partial charge in [-0.1, -0.05) is 24.3 Å². The molecule has 13 nitrogen and oxygen atoms in total. The van der Waals surface area contributed by atoms with E-state index in [9.17, 15) is 29.2 Å². The largest absolute Gasteiger partial charge is 0.371 e. The van der Waals surface area contributed by atoms with Crippen molar-refractivity contribution in [2.45, 2.75) is 57.0 Å². The number of carbonyl (C=O) groups excluding carboxylic acids is 5. The molecule has 270 valence electrons. The first-order valence-corrected chi connectivity index (χ1v) is 18.1. The van der Waals surface area contributed by atoms with Gasteiger partial charge in [-0.25, -0.2) is 0 Å². The number of benzene rings is 3. The molecule has 13 heteroatoms. The second-order valence-corrected chi connectivity index (χ2v) is 15.1. The Morgan fingerprint density at radius 3 is 2.43 bits per heavy atom. The molecule has 3 aromatic carbocycles. The molecule has 3 saturated heterocycles. The summed E-state index contributed by atoms with van der Waals surface area (Å²) in [6.45, 7) is 8.31. The van der Waals surface area contributed by atoms with Crippen molar-refractivity contribution in [2.24, 2.45) is 5.92 Å². The lowest BCUT2D eigenvalue weighted by Gasteiger charge is -2.44. The summed E-state index contributed by atoms with van der Waals surface area (Å²) in [5, 5.41) is 21.1. The van der Waals surface area contributed by atoms with Crippen LogP contribution in [0.5, 0.6) is 0 Å². The van der Waals surface area contributed by atoms with E-state index < -0.39 is 35.2 Å². The van der Waals surface area contributed by atoms with Crippen molar-refractivity contribution in [1.82, 2.24) is 24.9 Å². The summed E-state index contributed by atoms with van der Waals surface area (Å²) in [7, 11) is 0. The van der Waals surface area contributed by atoms with Crippen molar-refractivity contribution in [3.63, 3.8) is 0 Å². The molecule has 4 aliphatic rings. The minimum atomic E-state index is -0.974. The third kappa shape index (κ3) is 6.12. The van der Waals surface area contributed by atoms with Crippen LogP contribution in [0, 0.1) is 17.2 Å². The molecule has 0 bridgehead atoms. The number of nitrogens with one attached hydrogen (secondary N) is 2. The summed E-state index contributed by atoms with van der Waals surface area (Å²) in [6, 6.07) is 17.6. The number of aromatic nitrogens is 2. The Balaban J connectivity index is 0.831. The van der Waals surface area contributed by atoms with E-state index in [0.29, 0.717) is 28.7 Å². The van der Waals surface area contributed by atoms with Crippen LogP contribution in [0.4, 0.5) is 11.4 Å². The van der Waals surface area contributed by atoms with Gasteiger partial charge in [0.1, 0.15) is 11.6 Å². The van der Waals surface area contributed by atoms with E-state index in [-0.39, 0.29) is 24.3 Å². The molecule has 53 heavy (non-hydrogen) atoms. The normalized spacial score (nSPS) is 20.0. The fourth-order valence-corrected chi connectivity index (χ4v) is 8.10. The van der Waals surface area contributed by atoms with Gasteiger partial charge in [-0.05, 0) is 88.0 Å². The highest BCUT2D eigenvalue weighted by Crippen LogP contribution is 2.35. The third-order valence-corrected chi connectivity index (χ3v) is 11.3. The van der Waals surface area contributed by atoms with Crippen LogP contribution in [0.15, 0.2) is 67.0 Å². The second-order valence-electron chi connectivity index (χ2n) is 15.1. The quantitative estimate of drug-likeness (QED) is 0.258. The Hall–Kier alpha value is -5.87. The summed E-state index contributed by atoms with van der Waals surface area (Å²) in [6.07, 6.45) is 6.10. The van der Waals surface area contributed by atoms with Crippen LogP contribution in [0.1, 0.15) is 77.3 Å². The standard InChI is InChI=1S/C40H40N8O5/c1-40(2,39(53)43-33-10-7-26(18-41)29-5-3-4-6-30(29)33)47-23-27(19-42-47)25-13-15-45(16-14-25)20-24-21-46(22-24)28-8-9-31-32(17-28)38(52)48(37(31)51)34-11-12-35(49)44-36(34)50/h3-10,17,19,23-25,34H,11-16,20-22H2,1-2H3,(H,43,53)(H,44,49,50). The van der Waals surface area contributed by atoms with Crippen LogP contribution < -0.4 is 15.5 Å². The average Bonchev–Trinajstić information content (AvgIpc) is 3.74. The molecule has 8 rings (SSSR count). The topological polar surface area (TPSA) is 161 Å². The number of imide groups is 2. The fraction of sp³-hybridized carbons (Fsp3) is 0.375. The van der Waals surface area contributed by atoms with Crippen LogP contribution in [0.2, 0.25) is 0 Å². The summed E-state index contributed by atoms with van der Waals surface area (Å²) in [5.74, 6) is -1.35. The molecule has 5 amide bonds. The van der Waals surface area contributed by atoms with Gasteiger partial charge < -0.3 is 15.1 Å². The Bertz CT molecular complexity index is 2220. The van der Waals surface area contributed by atoms with Crippen LogP contribution in [0.25, 0.3) is 10.8 Å². The van der Waals surface area contributed by atoms with Gasteiger partial charge in [0.25, 0.3) is 17.7 Å². The van der Waals surface area contributed by atoms with Crippen molar-refractivity contribution in [3.05, 3.63) is 89.2 Å². The van der Waals surface area contributed by atoms with E-state index in [0.717, 1.165) is 72.5 Å². The third-order valence-electron chi connectivity index (χ3n) is 11.3. The first kappa shape index (κ1) is 34.2. The Morgan fingerprint density at radius 2 is 1.70 bits per heavy atom. The second kappa shape index (κ2) is 13.3. The number of anilines is 2. The molecule has 3 fully saturated rings. The fourth-order valence-electron chi connectivity index (χ4n) is 8.10. The predicted molar refractivity (Wildman–Crippen MR) is 196 cm³/mol. The summed E-state index contributed by atoms with van der Waals surface area (Å²) < 4.78 is 1.74. The Kier molecular flexibility index (Phi) is 8.57. The Morgan fingerprint density at radius 1 is 0.962 bits per heavy atom. The first-order valence-electron chi connectivity index (χ1n) is 18.1. The SMILES string of the molecule is CC(C)(C(=O)Nc1ccc(C#N)c2ccccc12)n1cc(C2CCN(CC3CN(c4ccc5c(c4)C(=O)N(C4CCC(=O)NC4=O)C5=O)C3)CC2)cn1. The number of amides is 5. The number of piperidine rings is 2. The van der Waals surface area contributed by atoms with Crippen LogP contribution in [-0.4, -0.2) is 87.9 Å². The zero-order valence-corrected chi connectivity index (χ0v) is 29.7. The zero-order valence-electron chi connectivity index (χ0n) is 29.7. The number of fused-ring (bicyclic) bond motifs is 2. The van der Waals surface area contributed by atoms with Gasteiger partial charge in [0.15, 0.2) is 0 Å². The number of rotatable bonds is 8. The number of nitrogens with zero attached hydrogens (tertiary/aromatic N) is 6. The maximum absolute atomic E-state index is 13.6. The van der Waals surface area contributed by atoms with Crippen LogP contribution >= 0.6 is 0 Å². The molecule has 5 heterocycles. The molecule has 0 spiro atoms. The number of hydrogen-bond acceptors (Lipinski definition) is 9. The highest BCUT2D eigenvalue weighted by atomic mass is 16.2. The maximum atomic E-state index is 13.6. The molecule has 1 aromatic heterocycles. The minimum Gasteiger partial charge on any atom is -0.371 e. The molecular weight excluding hydrogens is 672 g/mol. The van der Waals surface area contributed by atoms with E-state index in [1.165, 1.54) is 0 Å². The first-order chi connectivity index (χ1) is 25.5.